The molecule has 1 fully saturated rings. The Kier molecular flexibility index (Phi) is 6.37. The van der Waals surface area contributed by atoms with Crippen LogP contribution in [0.2, 0.25) is 0 Å². The van der Waals surface area contributed by atoms with E-state index in [1.54, 1.807) is 0 Å². The third-order valence-corrected chi connectivity index (χ3v) is 4.07. The zero-order valence-electron chi connectivity index (χ0n) is 11.3. The maximum absolute atomic E-state index is 8.72. The van der Waals surface area contributed by atoms with Crippen molar-refractivity contribution in [2.24, 2.45) is 11.8 Å². The van der Waals surface area contributed by atoms with Crippen LogP contribution < -0.4 is 0 Å². The first-order valence-corrected chi connectivity index (χ1v) is 7.00. The Bertz CT molecular complexity index is 184. The molecule has 0 spiro atoms. The summed E-state index contributed by atoms with van der Waals surface area (Å²) in [7, 11) is 0. The Balaban J connectivity index is 2.19. The molecule has 0 saturated carbocycles. The van der Waals surface area contributed by atoms with E-state index < -0.39 is 0 Å². The van der Waals surface area contributed by atoms with E-state index in [4.69, 9.17) is 5.11 Å². The van der Waals surface area contributed by atoms with Crippen LogP contribution in [0.3, 0.4) is 0 Å². The quantitative estimate of drug-likeness (QED) is 0.705. The molecule has 16 heavy (non-hydrogen) atoms. The highest BCUT2D eigenvalue weighted by Gasteiger charge is 2.27. The number of aliphatic hydroxyl groups excluding tert-OH is 1. The van der Waals surface area contributed by atoms with Gasteiger partial charge in [-0.05, 0) is 44.6 Å². The SMILES string of the molecule is CC1CC(C)C(C)N(CCCCCCO)C1. The average Bonchev–Trinajstić information content (AvgIpc) is 2.24. The van der Waals surface area contributed by atoms with E-state index in [-0.39, 0.29) is 0 Å². The standard InChI is InChI=1S/C14H29NO/c1-12-10-13(2)14(3)15(11-12)8-6-4-5-7-9-16/h12-14,16H,4-11H2,1-3H3. The Labute approximate surface area is 101 Å². The third-order valence-electron chi connectivity index (χ3n) is 4.07. The van der Waals surface area contributed by atoms with Gasteiger partial charge in [-0.25, -0.2) is 0 Å². The van der Waals surface area contributed by atoms with Crippen molar-refractivity contribution in [3.63, 3.8) is 0 Å². The van der Waals surface area contributed by atoms with E-state index in [1.165, 1.54) is 38.8 Å². The zero-order valence-corrected chi connectivity index (χ0v) is 11.3. The lowest BCUT2D eigenvalue weighted by Gasteiger charge is -2.41. The lowest BCUT2D eigenvalue weighted by molar-refractivity contribution is 0.0779. The number of rotatable bonds is 6. The molecule has 1 aliphatic rings. The largest absolute Gasteiger partial charge is 0.396 e. The van der Waals surface area contributed by atoms with Gasteiger partial charge in [0.15, 0.2) is 0 Å². The minimum Gasteiger partial charge on any atom is -0.396 e. The van der Waals surface area contributed by atoms with Crippen LogP contribution in [-0.2, 0) is 0 Å². The van der Waals surface area contributed by atoms with Crippen molar-refractivity contribution in [1.29, 1.82) is 0 Å². The van der Waals surface area contributed by atoms with Gasteiger partial charge in [-0.3, -0.25) is 0 Å². The van der Waals surface area contributed by atoms with Crippen molar-refractivity contribution < 1.29 is 5.11 Å². The number of likely N-dealkylation sites (tertiary alicyclic amines) is 1. The molecule has 0 radical (unpaired) electrons. The van der Waals surface area contributed by atoms with Gasteiger partial charge in [0, 0.05) is 19.2 Å². The molecule has 0 bridgehead atoms. The second kappa shape index (κ2) is 7.29. The number of unbranched alkanes of at least 4 members (excludes halogenated alkanes) is 3. The molecule has 1 N–H and O–H groups in total. The number of nitrogens with zero attached hydrogens (tertiary/aromatic N) is 1. The van der Waals surface area contributed by atoms with Crippen LogP contribution >= 0.6 is 0 Å². The highest BCUT2D eigenvalue weighted by Crippen LogP contribution is 2.26. The summed E-state index contributed by atoms with van der Waals surface area (Å²) in [6, 6.07) is 0.758. The molecule has 0 aliphatic carbocycles. The van der Waals surface area contributed by atoms with E-state index in [2.05, 4.69) is 25.7 Å². The van der Waals surface area contributed by atoms with Crippen molar-refractivity contribution in [3.05, 3.63) is 0 Å². The topological polar surface area (TPSA) is 23.5 Å². The number of hydrogen-bond donors (Lipinski definition) is 1. The van der Waals surface area contributed by atoms with Gasteiger partial charge in [-0.15, -0.1) is 0 Å². The molecule has 3 atom stereocenters. The molecule has 2 nitrogen and oxygen atoms in total. The maximum atomic E-state index is 8.72. The van der Waals surface area contributed by atoms with E-state index in [0.29, 0.717) is 6.61 Å². The van der Waals surface area contributed by atoms with Gasteiger partial charge in [0.05, 0.1) is 0 Å². The Morgan fingerprint density at radius 1 is 1.06 bits per heavy atom. The third kappa shape index (κ3) is 4.42. The normalized spacial score (nSPS) is 31.9. The molecular weight excluding hydrogens is 198 g/mol. The van der Waals surface area contributed by atoms with Gasteiger partial charge in [0.2, 0.25) is 0 Å². The summed E-state index contributed by atoms with van der Waals surface area (Å²) < 4.78 is 0. The zero-order chi connectivity index (χ0) is 12.0. The summed E-state index contributed by atoms with van der Waals surface area (Å²) in [5, 5.41) is 8.72. The van der Waals surface area contributed by atoms with Crippen LogP contribution in [0.1, 0.15) is 52.9 Å². The van der Waals surface area contributed by atoms with Crippen molar-refractivity contribution >= 4 is 0 Å². The lowest BCUT2D eigenvalue weighted by Crippen LogP contribution is -2.45. The lowest BCUT2D eigenvalue weighted by atomic mass is 9.86. The second-order valence-corrected chi connectivity index (χ2v) is 5.69. The fraction of sp³-hybridized carbons (Fsp3) is 1.00. The minimum atomic E-state index is 0.355. The van der Waals surface area contributed by atoms with E-state index in [9.17, 15) is 0 Å². The molecule has 96 valence electrons. The summed E-state index contributed by atoms with van der Waals surface area (Å²) in [5.74, 6) is 1.71. The molecule has 1 aliphatic heterocycles. The van der Waals surface area contributed by atoms with Gasteiger partial charge >= 0.3 is 0 Å². The minimum absolute atomic E-state index is 0.355. The van der Waals surface area contributed by atoms with Crippen molar-refractivity contribution in [2.45, 2.75) is 58.9 Å². The first kappa shape index (κ1) is 14.0. The Hall–Kier alpha value is -0.0800. The molecule has 0 aromatic heterocycles. The average molecular weight is 227 g/mol. The molecule has 0 amide bonds. The van der Waals surface area contributed by atoms with Gasteiger partial charge in [0.1, 0.15) is 0 Å². The van der Waals surface area contributed by atoms with Crippen LogP contribution in [0.4, 0.5) is 0 Å². The highest BCUT2D eigenvalue weighted by atomic mass is 16.2. The van der Waals surface area contributed by atoms with Crippen LogP contribution in [0, 0.1) is 11.8 Å². The predicted molar refractivity (Wildman–Crippen MR) is 69.5 cm³/mol. The van der Waals surface area contributed by atoms with Crippen molar-refractivity contribution in [2.75, 3.05) is 19.7 Å². The van der Waals surface area contributed by atoms with Gasteiger partial charge < -0.3 is 10.0 Å². The van der Waals surface area contributed by atoms with Gasteiger partial charge in [-0.2, -0.15) is 0 Å². The summed E-state index contributed by atoms with van der Waals surface area (Å²) in [6.07, 6.45) is 6.12. The Morgan fingerprint density at radius 3 is 2.44 bits per heavy atom. The van der Waals surface area contributed by atoms with Gasteiger partial charge in [0.25, 0.3) is 0 Å². The van der Waals surface area contributed by atoms with E-state index >= 15 is 0 Å². The second-order valence-electron chi connectivity index (χ2n) is 5.69. The molecule has 1 saturated heterocycles. The molecule has 1 heterocycles. The summed E-state index contributed by atoms with van der Waals surface area (Å²) in [4.78, 5) is 2.66. The number of aliphatic hydroxyl groups is 1. The Morgan fingerprint density at radius 2 is 1.75 bits per heavy atom. The first-order chi connectivity index (χ1) is 7.65. The highest BCUT2D eigenvalue weighted by molar-refractivity contribution is 4.81. The van der Waals surface area contributed by atoms with Crippen LogP contribution in [0.25, 0.3) is 0 Å². The summed E-state index contributed by atoms with van der Waals surface area (Å²) in [5.41, 5.74) is 0. The predicted octanol–water partition coefficient (Wildman–Crippen LogP) is 2.91. The molecular formula is C14H29NO. The maximum Gasteiger partial charge on any atom is 0.0431 e. The fourth-order valence-electron chi connectivity index (χ4n) is 2.91. The fourth-order valence-corrected chi connectivity index (χ4v) is 2.91. The number of hydrogen-bond acceptors (Lipinski definition) is 2. The first-order valence-electron chi connectivity index (χ1n) is 7.00. The van der Waals surface area contributed by atoms with Gasteiger partial charge in [-0.1, -0.05) is 26.7 Å². The molecule has 2 heteroatoms. The van der Waals surface area contributed by atoms with Crippen molar-refractivity contribution in [1.82, 2.24) is 4.90 Å². The smallest absolute Gasteiger partial charge is 0.0431 e. The summed E-state index contributed by atoms with van der Waals surface area (Å²) in [6.45, 7) is 10.0. The van der Waals surface area contributed by atoms with Crippen LogP contribution in [-0.4, -0.2) is 35.7 Å². The summed E-state index contributed by atoms with van der Waals surface area (Å²) >= 11 is 0. The van der Waals surface area contributed by atoms with Crippen LogP contribution in [0.5, 0.6) is 0 Å². The van der Waals surface area contributed by atoms with E-state index in [1.807, 2.05) is 0 Å². The molecule has 0 aromatic carbocycles. The molecule has 1 rings (SSSR count). The molecule has 3 unspecified atom stereocenters. The number of piperidine rings is 1. The van der Waals surface area contributed by atoms with Crippen molar-refractivity contribution in [3.8, 4) is 0 Å². The van der Waals surface area contributed by atoms with Crippen LogP contribution in [0.15, 0.2) is 0 Å². The van der Waals surface area contributed by atoms with E-state index in [0.717, 1.165) is 24.3 Å². The molecule has 0 aromatic rings. The monoisotopic (exact) mass is 227 g/mol.